The molecule has 0 amide bonds. The van der Waals surface area contributed by atoms with Crippen molar-refractivity contribution in [1.29, 1.82) is 0 Å². The van der Waals surface area contributed by atoms with Crippen LogP contribution < -0.4 is 0 Å². The highest BCUT2D eigenvalue weighted by molar-refractivity contribution is 5.88. The number of benzene rings is 2. The van der Waals surface area contributed by atoms with Crippen LogP contribution >= 0.6 is 0 Å². The van der Waals surface area contributed by atoms with Crippen molar-refractivity contribution in [3.63, 3.8) is 0 Å². The van der Waals surface area contributed by atoms with E-state index >= 15 is 0 Å². The molecule has 0 fully saturated rings. The molecule has 0 bridgehead atoms. The monoisotopic (exact) mass is 278 g/mol. The topological polar surface area (TPSA) is 19.0 Å². The van der Waals surface area contributed by atoms with Gasteiger partial charge in [-0.1, -0.05) is 35.9 Å². The first-order valence-corrected chi connectivity index (χ1v) is 7.45. The Labute approximate surface area is 126 Å². The smallest absolute Gasteiger partial charge is 0.0457 e. The Morgan fingerprint density at radius 3 is 2.38 bits per heavy atom. The second-order valence-electron chi connectivity index (χ2n) is 5.99. The molecule has 0 spiro atoms. The predicted molar refractivity (Wildman–Crippen MR) is 90.7 cm³/mol. The predicted octanol–water partition coefficient (Wildman–Crippen LogP) is 4.25. The number of aromatic nitrogens is 1. The van der Waals surface area contributed by atoms with E-state index in [0.717, 1.165) is 13.0 Å². The van der Waals surface area contributed by atoms with Crippen LogP contribution in [0.15, 0.2) is 48.7 Å². The number of fused-ring (bicyclic) bond motifs is 1. The van der Waals surface area contributed by atoms with Crippen molar-refractivity contribution < 1.29 is 0 Å². The van der Waals surface area contributed by atoms with E-state index in [2.05, 4.69) is 79.6 Å². The summed E-state index contributed by atoms with van der Waals surface area (Å²) in [5.74, 6) is 0. The second kappa shape index (κ2) is 5.74. The van der Waals surface area contributed by atoms with Crippen LogP contribution in [0.2, 0.25) is 0 Å². The van der Waals surface area contributed by atoms with Gasteiger partial charge in [-0.2, -0.15) is 0 Å². The summed E-state index contributed by atoms with van der Waals surface area (Å²) in [4.78, 5) is 5.61. The molecular formula is C19H22N2. The fraction of sp³-hybridized carbons (Fsp3) is 0.263. The van der Waals surface area contributed by atoms with E-state index in [0.29, 0.717) is 0 Å². The Morgan fingerprint density at radius 1 is 0.952 bits per heavy atom. The third kappa shape index (κ3) is 3.01. The number of hydrogen-bond acceptors (Lipinski definition) is 1. The fourth-order valence-corrected chi connectivity index (χ4v) is 2.65. The standard InChI is InChI=1S/C19H22N2/c1-14-4-6-15(7-5-14)16-8-9-19-18(12-16)17(13-20-19)10-11-21(2)3/h4-9,12-13,20H,10-11H2,1-3H3. The van der Waals surface area contributed by atoms with Crippen LogP contribution in [0.5, 0.6) is 0 Å². The number of aryl methyl sites for hydroxylation is 1. The van der Waals surface area contributed by atoms with Gasteiger partial charge < -0.3 is 9.88 Å². The number of nitrogens with zero attached hydrogens (tertiary/aromatic N) is 1. The number of H-pyrrole nitrogens is 1. The molecule has 1 N–H and O–H groups in total. The van der Waals surface area contributed by atoms with Crippen molar-refractivity contribution >= 4 is 10.9 Å². The van der Waals surface area contributed by atoms with Crippen LogP contribution in [-0.2, 0) is 6.42 Å². The Hall–Kier alpha value is -2.06. The Bertz CT molecular complexity index is 736. The van der Waals surface area contributed by atoms with E-state index in [1.807, 2.05) is 0 Å². The lowest BCUT2D eigenvalue weighted by Gasteiger charge is -2.08. The van der Waals surface area contributed by atoms with Gasteiger partial charge in [0.05, 0.1) is 0 Å². The van der Waals surface area contributed by atoms with Gasteiger partial charge in [-0.05, 0) is 56.3 Å². The summed E-state index contributed by atoms with van der Waals surface area (Å²) in [6, 6.07) is 15.4. The zero-order chi connectivity index (χ0) is 14.8. The number of hydrogen-bond donors (Lipinski definition) is 1. The van der Waals surface area contributed by atoms with Gasteiger partial charge in [-0.15, -0.1) is 0 Å². The van der Waals surface area contributed by atoms with Crippen LogP contribution in [0, 0.1) is 6.92 Å². The summed E-state index contributed by atoms with van der Waals surface area (Å²) < 4.78 is 0. The van der Waals surface area contributed by atoms with Crippen LogP contribution in [0.25, 0.3) is 22.0 Å². The molecule has 3 aromatic rings. The van der Waals surface area contributed by atoms with Crippen LogP contribution in [0.4, 0.5) is 0 Å². The minimum absolute atomic E-state index is 1.07. The Morgan fingerprint density at radius 2 is 1.67 bits per heavy atom. The zero-order valence-electron chi connectivity index (χ0n) is 13.0. The molecule has 0 atom stereocenters. The molecule has 0 saturated carbocycles. The largest absolute Gasteiger partial charge is 0.361 e. The van der Waals surface area contributed by atoms with Gasteiger partial charge in [0, 0.05) is 23.6 Å². The Kier molecular flexibility index (Phi) is 3.80. The van der Waals surface area contributed by atoms with Crippen molar-refractivity contribution in [3.05, 3.63) is 59.8 Å². The SMILES string of the molecule is Cc1ccc(-c2ccc3[nH]cc(CCN(C)C)c3c2)cc1. The first kappa shape index (κ1) is 13.9. The van der Waals surface area contributed by atoms with Crippen LogP contribution in [0.1, 0.15) is 11.1 Å². The minimum atomic E-state index is 1.07. The van der Waals surface area contributed by atoms with Crippen molar-refractivity contribution in [2.24, 2.45) is 0 Å². The normalized spacial score (nSPS) is 11.4. The first-order chi connectivity index (χ1) is 10.1. The minimum Gasteiger partial charge on any atom is -0.361 e. The molecule has 1 heterocycles. The van der Waals surface area contributed by atoms with Crippen molar-refractivity contribution in [3.8, 4) is 11.1 Å². The lowest BCUT2D eigenvalue weighted by atomic mass is 10.0. The summed E-state index contributed by atoms with van der Waals surface area (Å²) in [7, 11) is 4.24. The lowest BCUT2D eigenvalue weighted by Crippen LogP contribution is -2.14. The molecule has 3 rings (SSSR count). The van der Waals surface area contributed by atoms with Gasteiger partial charge in [-0.25, -0.2) is 0 Å². The maximum Gasteiger partial charge on any atom is 0.0457 e. The number of nitrogens with one attached hydrogen (secondary N) is 1. The molecule has 0 aliphatic rings. The summed E-state index contributed by atoms with van der Waals surface area (Å²) in [5.41, 5.74) is 6.48. The van der Waals surface area contributed by atoms with Gasteiger partial charge in [0.1, 0.15) is 0 Å². The van der Waals surface area contributed by atoms with Gasteiger partial charge in [0.15, 0.2) is 0 Å². The third-order valence-corrected chi connectivity index (χ3v) is 3.98. The third-order valence-electron chi connectivity index (χ3n) is 3.98. The molecule has 2 aromatic carbocycles. The van der Waals surface area contributed by atoms with E-state index in [4.69, 9.17) is 0 Å². The molecule has 0 radical (unpaired) electrons. The molecule has 0 aliphatic carbocycles. The maximum atomic E-state index is 3.38. The second-order valence-corrected chi connectivity index (χ2v) is 5.99. The van der Waals surface area contributed by atoms with Gasteiger partial charge >= 0.3 is 0 Å². The average Bonchev–Trinajstić information content (AvgIpc) is 2.88. The molecule has 2 heteroatoms. The number of aromatic amines is 1. The van der Waals surface area contributed by atoms with Crippen molar-refractivity contribution in [2.75, 3.05) is 20.6 Å². The highest BCUT2D eigenvalue weighted by Gasteiger charge is 2.06. The number of likely N-dealkylation sites (N-methyl/N-ethyl adjacent to an activating group) is 1. The molecular weight excluding hydrogens is 256 g/mol. The molecule has 2 nitrogen and oxygen atoms in total. The summed E-state index contributed by atoms with van der Waals surface area (Å²) >= 11 is 0. The Balaban J connectivity index is 1.98. The molecule has 1 aromatic heterocycles. The van der Waals surface area contributed by atoms with Crippen molar-refractivity contribution in [1.82, 2.24) is 9.88 Å². The van der Waals surface area contributed by atoms with E-state index in [1.54, 1.807) is 0 Å². The molecule has 0 saturated heterocycles. The van der Waals surface area contributed by atoms with E-state index < -0.39 is 0 Å². The zero-order valence-corrected chi connectivity index (χ0v) is 13.0. The highest BCUT2D eigenvalue weighted by atomic mass is 15.0. The fourth-order valence-electron chi connectivity index (χ4n) is 2.65. The molecule has 0 unspecified atom stereocenters. The van der Waals surface area contributed by atoms with Crippen LogP contribution in [0.3, 0.4) is 0 Å². The van der Waals surface area contributed by atoms with E-state index in [9.17, 15) is 0 Å². The van der Waals surface area contributed by atoms with Gasteiger partial charge in [-0.3, -0.25) is 0 Å². The van der Waals surface area contributed by atoms with E-state index in [-0.39, 0.29) is 0 Å². The van der Waals surface area contributed by atoms with E-state index in [1.165, 1.54) is 33.2 Å². The summed E-state index contributed by atoms with van der Waals surface area (Å²) in [6.45, 7) is 3.19. The quantitative estimate of drug-likeness (QED) is 0.756. The van der Waals surface area contributed by atoms with Gasteiger partial charge in [0.25, 0.3) is 0 Å². The average molecular weight is 278 g/mol. The summed E-state index contributed by atoms with van der Waals surface area (Å²) in [5, 5.41) is 1.34. The first-order valence-electron chi connectivity index (χ1n) is 7.45. The van der Waals surface area contributed by atoms with Gasteiger partial charge in [0.2, 0.25) is 0 Å². The maximum absolute atomic E-state index is 3.38. The summed E-state index contributed by atoms with van der Waals surface area (Å²) in [6.07, 6.45) is 3.22. The van der Waals surface area contributed by atoms with Crippen LogP contribution in [-0.4, -0.2) is 30.5 Å². The molecule has 108 valence electrons. The molecule has 0 aliphatic heterocycles. The molecule has 21 heavy (non-hydrogen) atoms. The highest BCUT2D eigenvalue weighted by Crippen LogP contribution is 2.27. The number of rotatable bonds is 4. The lowest BCUT2D eigenvalue weighted by molar-refractivity contribution is 0.414. The van der Waals surface area contributed by atoms with Crippen molar-refractivity contribution in [2.45, 2.75) is 13.3 Å².